The van der Waals surface area contributed by atoms with Crippen molar-refractivity contribution in [2.75, 3.05) is 26.3 Å². The van der Waals surface area contributed by atoms with E-state index in [1.807, 2.05) is 0 Å². The fourth-order valence-electron chi connectivity index (χ4n) is 4.49. The van der Waals surface area contributed by atoms with Crippen LogP contribution in [0.25, 0.3) is 0 Å². The van der Waals surface area contributed by atoms with Crippen LogP contribution < -0.4 is 5.32 Å². The molecule has 3 heteroatoms. The number of hydrogen-bond donors (Lipinski definition) is 1. The monoisotopic (exact) mass is 280 g/mol. The highest BCUT2D eigenvalue weighted by molar-refractivity contribution is 4.95. The highest BCUT2D eigenvalue weighted by Gasteiger charge is 2.38. The van der Waals surface area contributed by atoms with Gasteiger partial charge in [-0.3, -0.25) is 4.90 Å². The van der Waals surface area contributed by atoms with Crippen LogP contribution in [0, 0.1) is 11.8 Å². The molecule has 1 aliphatic carbocycles. The van der Waals surface area contributed by atoms with E-state index in [0.717, 1.165) is 31.1 Å². The quantitative estimate of drug-likeness (QED) is 0.860. The van der Waals surface area contributed by atoms with E-state index in [9.17, 15) is 0 Å². The Labute approximate surface area is 124 Å². The lowest BCUT2D eigenvalue weighted by Gasteiger charge is -2.47. The third-order valence-electron chi connectivity index (χ3n) is 5.79. The van der Waals surface area contributed by atoms with Gasteiger partial charge in [0.05, 0.1) is 6.61 Å². The van der Waals surface area contributed by atoms with Crippen molar-refractivity contribution in [2.45, 2.75) is 70.5 Å². The van der Waals surface area contributed by atoms with Crippen molar-refractivity contribution in [1.29, 1.82) is 0 Å². The first-order valence-electron chi connectivity index (χ1n) is 8.82. The summed E-state index contributed by atoms with van der Waals surface area (Å²) in [5.41, 5.74) is 0. The highest BCUT2D eigenvalue weighted by atomic mass is 16.5. The standard InChI is InChI=1S/C17H32N2O/c1-13(2)17-10-18-16(14-6-4-3-5-7-14)11-19(17)15-8-9-20-12-15/h13-18H,3-12H2,1-2H3. The topological polar surface area (TPSA) is 24.5 Å². The largest absolute Gasteiger partial charge is 0.380 e. The fourth-order valence-corrected chi connectivity index (χ4v) is 4.49. The molecule has 3 atom stereocenters. The van der Waals surface area contributed by atoms with Gasteiger partial charge in [0.2, 0.25) is 0 Å². The molecular formula is C17H32N2O. The van der Waals surface area contributed by atoms with Crippen molar-refractivity contribution >= 4 is 0 Å². The molecule has 0 radical (unpaired) electrons. The second-order valence-corrected chi connectivity index (χ2v) is 7.44. The van der Waals surface area contributed by atoms with Crippen molar-refractivity contribution < 1.29 is 4.74 Å². The molecule has 3 unspecified atom stereocenters. The van der Waals surface area contributed by atoms with Crippen LogP contribution in [0.4, 0.5) is 0 Å². The third kappa shape index (κ3) is 3.20. The van der Waals surface area contributed by atoms with Crippen LogP contribution in [0.1, 0.15) is 52.4 Å². The van der Waals surface area contributed by atoms with Crippen LogP contribution in [0.3, 0.4) is 0 Å². The Morgan fingerprint density at radius 2 is 1.90 bits per heavy atom. The summed E-state index contributed by atoms with van der Waals surface area (Å²) in [7, 11) is 0. The van der Waals surface area contributed by atoms with Crippen LogP contribution in [0.5, 0.6) is 0 Å². The average Bonchev–Trinajstić information content (AvgIpc) is 3.01. The minimum atomic E-state index is 0.676. The number of piperazine rings is 1. The van der Waals surface area contributed by atoms with E-state index in [2.05, 4.69) is 24.1 Å². The van der Waals surface area contributed by atoms with Gasteiger partial charge in [-0.05, 0) is 31.1 Å². The van der Waals surface area contributed by atoms with Gasteiger partial charge in [0.1, 0.15) is 0 Å². The molecule has 3 fully saturated rings. The second kappa shape index (κ2) is 6.76. The van der Waals surface area contributed by atoms with Gasteiger partial charge in [-0.15, -0.1) is 0 Å². The minimum absolute atomic E-state index is 0.676. The van der Waals surface area contributed by atoms with Crippen LogP contribution in [0.2, 0.25) is 0 Å². The SMILES string of the molecule is CC(C)C1CNC(C2CCCCC2)CN1C1CCOC1. The lowest BCUT2D eigenvalue weighted by molar-refractivity contribution is 0.0312. The van der Waals surface area contributed by atoms with E-state index in [0.29, 0.717) is 12.1 Å². The van der Waals surface area contributed by atoms with Gasteiger partial charge in [-0.2, -0.15) is 0 Å². The molecule has 1 saturated carbocycles. The maximum absolute atomic E-state index is 5.66. The first-order chi connectivity index (χ1) is 9.75. The van der Waals surface area contributed by atoms with E-state index < -0.39 is 0 Å². The zero-order valence-electron chi connectivity index (χ0n) is 13.3. The first kappa shape index (κ1) is 14.8. The zero-order valence-corrected chi connectivity index (χ0v) is 13.3. The summed E-state index contributed by atoms with van der Waals surface area (Å²) >= 11 is 0. The molecule has 0 amide bonds. The minimum Gasteiger partial charge on any atom is -0.380 e. The average molecular weight is 280 g/mol. The van der Waals surface area contributed by atoms with Crippen molar-refractivity contribution in [3.05, 3.63) is 0 Å². The van der Waals surface area contributed by atoms with Gasteiger partial charge in [0.25, 0.3) is 0 Å². The first-order valence-corrected chi connectivity index (χ1v) is 8.82. The Balaban J connectivity index is 1.65. The number of nitrogens with zero attached hydrogens (tertiary/aromatic N) is 1. The third-order valence-corrected chi connectivity index (χ3v) is 5.79. The molecule has 20 heavy (non-hydrogen) atoms. The highest BCUT2D eigenvalue weighted by Crippen LogP contribution is 2.31. The maximum Gasteiger partial charge on any atom is 0.0622 e. The molecule has 0 bridgehead atoms. The van der Waals surface area contributed by atoms with E-state index in [-0.39, 0.29) is 0 Å². The summed E-state index contributed by atoms with van der Waals surface area (Å²) in [5, 5.41) is 3.89. The van der Waals surface area contributed by atoms with E-state index in [4.69, 9.17) is 4.74 Å². The van der Waals surface area contributed by atoms with Gasteiger partial charge >= 0.3 is 0 Å². The molecule has 1 N–H and O–H groups in total. The molecule has 2 saturated heterocycles. The Bertz CT molecular complexity index is 295. The fraction of sp³-hybridized carbons (Fsp3) is 1.00. The lowest BCUT2D eigenvalue weighted by atomic mass is 9.81. The van der Waals surface area contributed by atoms with Crippen molar-refractivity contribution in [3.63, 3.8) is 0 Å². The predicted octanol–water partition coefficient (Wildman–Crippen LogP) is 2.65. The molecule has 2 aliphatic heterocycles. The summed E-state index contributed by atoms with van der Waals surface area (Å²) in [4.78, 5) is 2.80. The summed E-state index contributed by atoms with van der Waals surface area (Å²) < 4.78 is 5.66. The Morgan fingerprint density at radius 1 is 1.10 bits per heavy atom. The van der Waals surface area contributed by atoms with Crippen LogP contribution >= 0.6 is 0 Å². The molecule has 2 heterocycles. The molecule has 0 aromatic carbocycles. The summed E-state index contributed by atoms with van der Waals surface area (Å²) in [6, 6.07) is 2.10. The molecular weight excluding hydrogens is 248 g/mol. The van der Waals surface area contributed by atoms with E-state index in [1.54, 1.807) is 0 Å². The normalized spacial score (nSPS) is 37.6. The molecule has 0 aromatic heterocycles. The molecule has 3 aliphatic rings. The van der Waals surface area contributed by atoms with Crippen molar-refractivity contribution in [3.8, 4) is 0 Å². The second-order valence-electron chi connectivity index (χ2n) is 7.44. The van der Waals surface area contributed by atoms with Gasteiger partial charge in [-0.25, -0.2) is 0 Å². The summed E-state index contributed by atoms with van der Waals surface area (Å²) in [5.74, 6) is 1.65. The Hall–Kier alpha value is -0.120. The lowest BCUT2D eigenvalue weighted by Crippen LogP contribution is -2.63. The maximum atomic E-state index is 5.66. The smallest absolute Gasteiger partial charge is 0.0622 e. The van der Waals surface area contributed by atoms with Gasteiger partial charge < -0.3 is 10.1 Å². The number of hydrogen-bond acceptors (Lipinski definition) is 3. The molecule has 0 spiro atoms. The molecule has 0 aromatic rings. The van der Waals surface area contributed by atoms with Crippen molar-refractivity contribution in [1.82, 2.24) is 10.2 Å². The summed E-state index contributed by atoms with van der Waals surface area (Å²) in [6.07, 6.45) is 8.47. The van der Waals surface area contributed by atoms with Gasteiger partial charge in [-0.1, -0.05) is 33.1 Å². The molecule has 116 valence electrons. The van der Waals surface area contributed by atoms with Gasteiger partial charge in [0.15, 0.2) is 0 Å². The van der Waals surface area contributed by atoms with Crippen molar-refractivity contribution in [2.24, 2.45) is 11.8 Å². The Kier molecular flexibility index (Phi) is 5.00. The van der Waals surface area contributed by atoms with Crippen LogP contribution in [-0.4, -0.2) is 49.3 Å². The zero-order chi connectivity index (χ0) is 13.9. The predicted molar refractivity (Wildman–Crippen MR) is 82.9 cm³/mol. The van der Waals surface area contributed by atoms with Gasteiger partial charge in [0, 0.05) is 37.8 Å². The summed E-state index contributed by atoms with van der Waals surface area (Å²) in [6.45, 7) is 9.09. The van der Waals surface area contributed by atoms with Crippen LogP contribution in [0.15, 0.2) is 0 Å². The van der Waals surface area contributed by atoms with E-state index >= 15 is 0 Å². The van der Waals surface area contributed by atoms with Crippen LogP contribution in [-0.2, 0) is 4.74 Å². The Morgan fingerprint density at radius 3 is 2.55 bits per heavy atom. The molecule has 3 rings (SSSR count). The number of rotatable bonds is 3. The van der Waals surface area contributed by atoms with E-state index in [1.165, 1.54) is 51.6 Å². The number of nitrogens with one attached hydrogen (secondary N) is 1. The molecule has 3 nitrogen and oxygen atoms in total. The number of ether oxygens (including phenoxy) is 1.